The molecule has 3 N–H and O–H groups in total. The molecule has 4 rings (SSSR count). The topological polar surface area (TPSA) is 96.1 Å². The molecule has 156 valence electrons. The summed E-state index contributed by atoms with van der Waals surface area (Å²) in [6.45, 7) is 0.311. The highest BCUT2D eigenvalue weighted by molar-refractivity contribution is 6.04. The van der Waals surface area contributed by atoms with Gasteiger partial charge in [0.15, 0.2) is 6.61 Å². The number of nitrogens with one attached hydrogen (secondary N) is 3. The van der Waals surface area contributed by atoms with Gasteiger partial charge in [-0.25, -0.2) is 4.98 Å². The number of fused-ring (bicyclic) bond motifs is 1. The molecule has 0 bridgehead atoms. The fourth-order valence-electron chi connectivity index (χ4n) is 3.10. The summed E-state index contributed by atoms with van der Waals surface area (Å²) in [4.78, 5) is 32.2. The van der Waals surface area contributed by atoms with Gasteiger partial charge in [0.1, 0.15) is 11.6 Å². The SMILES string of the molecule is O=C(COc1cccc(C(=O)Nc2ccccc2)c1)NCCc1nc2ccccc2[nH]1. The molecule has 0 aliphatic heterocycles. The van der Waals surface area contributed by atoms with Crippen LogP contribution >= 0.6 is 0 Å². The summed E-state index contributed by atoms with van der Waals surface area (Å²) in [5.74, 6) is 0.787. The Morgan fingerprint density at radius 3 is 2.58 bits per heavy atom. The Morgan fingerprint density at radius 1 is 0.935 bits per heavy atom. The second kappa shape index (κ2) is 9.58. The zero-order valence-corrected chi connectivity index (χ0v) is 16.8. The number of nitrogens with zero attached hydrogens (tertiary/aromatic N) is 1. The lowest BCUT2D eigenvalue weighted by atomic mass is 10.2. The molecule has 0 saturated heterocycles. The van der Waals surface area contributed by atoms with Crippen LogP contribution in [0.1, 0.15) is 16.2 Å². The van der Waals surface area contributed by atoms with E-state index >= 15 is 0 Å². The Kier molecular flexibility index (Phi) is 6.23. The van der Waals surface area contributed by atoms with Crippen molar-refractivity contribution in [2.45, 2.75) is 6.42 Å². The van der Waals surface area contributed by atoms with E-state index in [4.69, 9.17) is 4.74 Å². The van der Waals surface area contributed by atoms with Crippen molar-refractivity contribution in [1.29, 1.82) is 0 Å². The largest absolute Gasteiger partial charge is 0.484 e. The first-order chi connectivity index (χ1) is 15.2. The number of carbonyl (C=O) groups excluding carboxylic acids is 2. The minimum absolute atomic E-state index is 0.135. The maximum atomic E-state index is 12.4. The third-order valence-electron chi connectivity index (χ3n) is 4.62. The molecule has 0 fully saturated rings. The van der Waals surface area contributed by atoms with E-state index in [0.717, 1.165) is 16.9 Å². The van der Waals surface area contributed by atoms with Crippen LogP contribution < -0.4 is 15.4 Å². The minimum Gasteiger partial charge on any atom is -0.484 e. The van der Waals surface area contributed by atoms with Crippen molar-refractivity contribution in [1.82, 2.24) is 15.3 Å². The number of carbonyl (C=O) groups is 2. The van der Waals surface area contributed by atoms with E-state index < -0.39 is 0 Å². The van der Waals surface area contributed by atoms with Gasteiger partial charge in [0.05, 0.1) is 11.0 Å². The van der Waals surface area contributed by atoms with Gasteiger partial charge in [-0.05, 0) is 42.5 Å². The number of hydrogen-bond acceptors (Lipinski definition) is 4. The molecule has 0 aliphatic rings. The van der Waals surface area contributed by atoms with Gasteiger partial charge in [-0.15, -0.1) is 0 Å². The number of aromatic nitrogens is 2. The molecule has 1 heterocycles. The summed E-state index contributed by atoms with van der Waals surface area (Å²) < 4.78 is 5.54. The van der Waals surface area contributed by atoms with Crippen LogP contribution in [0.15, 0.2) is 78.9 Å². The molecule has 3 aromatic carbocycles. The predicted octanol–water partition coefficient (Wildman–Crippen LogP) is 3.55. The Labute approximate surface area is 179 Å². The van der Waals surface area contributed by atoms with Crippen molar-refractivity contribution < 1.29 is 14.3 Å². The molecule has 0 atom stereocenters. The van der Waals surface area contributed by atoms with E-state index in [2.05, 4.69) is 20.6 Å². The third kappa shape index (κ3) is 5.48. The van der Waals surface area contributed by atoms with Gasteiger partial charge in [0.25, 0.3) is 11.8 Å². The number of anilines is 1. The number of benzene rings is 3. The molecule has 0 spiro atoms. The fourth-order valence-corrected chi connectivity index (χ4v) is 3.10. The highest BCUT2D eigenvalue weighted by Gasteiger charge is 2.09. The van der Waals surface area contributed by atoms with Crippen LogP contribution in [0.25, 0.3) is 11.0 Å². The van der Waals surface area contributed by atoms with Gasteiger partial charge in [0, 0.05) is 24.2 Å². The maximum absolute atomic E-state index is 12.4. The second-order valence-electron chi connectivity index (χ2n) is 6.94. The molecule has 1 aromatic heterocycles. The average Bonchev–Trinajstić information content (AvgIpc) is 3.21. The number of H-pyrrole nitrogens is 1. The van der Waals surface area contributed by atoms with Crippen molar-refractivity contribution in [2.24, 2.45) is 0 Å². The fraction of sp³-hybridized carbons (Fsp3) is 0.125. The lowest BCUT2D eigenvalue weighted by Gasteiger charge is -2.09. The summed E-state index contributed by atoms with van der Waals surface area (Å²) >= 11 is 0. The second-order valence-corrected chi connectivity index (χ2v) is 6.94. The summed E-state index contributed by atoms with van der Waals surface area (Å²) in [5.41, 5.74) is 3.04. The quantitative estimate of drug-likeness (QED) is 0.411. The van der Waals surface area contributed by atoms with Crippen LogP contribution in [0.5, 0.6) is 5.75 Å². The third-order valence-corrected chi connectivity index (χ3v) is 4.62. The summed E-state index contributed by atoms with van der Waals surface area (Å²) in [7, 11) is 0. The molecule has 7 heteroatoms. The van der Waals surface area contributed by atoms with Gasteiger partial charge in [0.2, 0.25) is 0 Å². The molecule has 0 saturated carbocycles. The summed E-state index contributed by atoms with van der Waals surface area (Å²) in [6, 6.07) is 23.7. The molecule has 2 amide bonds. The van der Waals surface area contributed by atoms with Gasteiger partial charge in [-0.2, -0.15) is 0 Å². The van der Waals surface area contributed by atoms with Crippen molar-refractivity contribution >= 4 is 28.5 Å². The van der Waals surface area contributed by atoms with E-state index in [9.17, 15) is 9.59 Å². The number of rotatable bonds is 8. The molecular formula is C24H22N4O3. The Balaban J connectivity index is 1.24. The molecule has 0 radical (unpaired) electrons. The summed E-state index contributed by atoms with van der Waals surface area (Å²) in [6.07, 6.45) is 0.593. The van der Waals surface area contributed by atoms with Gasteiger partial charge in [-0.3, -0.25) is 9.59 Å². The van der Waals surface area contributed by atoms with E-state index in [-0.39, 0.29) is 18.4 Å². The van der Waals surface area contributed by atoms with E-state index in [0.29, 0.717) is 30.0 Å². The van der Waals surface area contributed by atoms with Crippen LogP contribution in [0.4, 0.5) is 5.69 Å². The predicted molar refractivity (Wildman–Crippen MR) is 119 cm³/mol. The van der Waals surface area contributed by atoms with Crippen molar-refractivity contribution in [2.75, 3.05) is 18.5 Å². The maximum Gasteiger partial charge on any atom is 0.257 e. The van der Waals surface area contributed by atoms with Crippen LogP contribution in [0.2, 0.25) is 0 Å². The first-order valence-electron chi connectivity index (χ1n) is 9.97. The molecule has 31 heavy (non-hydrogen) atoms. The van der Waals surface area contributed by atoms with E-state index in [1.807, 2.05) is 54.6 Å². The molecule has 0 aliphatic carbocycles. The monoisotopic (exact) mass is 414 g/mol. The van der Waals surface area contributed by atoms with E-state index in [1.165, 1.54) is 0 Å². The van der Waals surface area contributed by atoms with Gasteiger partial charge < -0.3 is 20.4 Å². The number of para-hydroxylation sites is 3. The molecule has 4 aromatic rings. The average molecular weight is 414 g/mol. The normalized spacial score (nSPS) is 10.6. The number of amides is 2. The Hall–Kier alpha value is -4.13. The first kappa shape index (κ1) is 20.2. The highest BCUT2D eigenvalue weighted by Crippen LogP contribution is 2.15. The van der Waals surface area contributed by atoms with Crippen molar-refractivity contribution in [3.63, 3.8) is 0 Å². The zero-order chi connectivity index (χ0) is 21.5. The Morgan fingerprint density at radius 2 is 1.74 bits per heavy atom. The lowest BCUT2D eigenvalue weighted by molar-refractivity contribution is -0.123. The molecule has 7 nitrogen and oxygen atoms in total. The van der Waals surface area contributed by atoms with E-state index in [1.54, 1.807) is 24.3 Å². The van der Waals surface area contributed by atoms with Gasteiger partial charge >= 0.3 is 0 Å². The van der Waals surface area contributed by atoms with Crippen LogP contribution in [-0.4, -0.2) is 34.9 Å². The molecule has 0 unspecified atom stereocenters. The Bertz CT molecular complexity index is 1150. The number of ether oxygens (including phenoxy) is 1. The standard InChI is InChI=1S/C24H22N4O3/c29-23(25-14-13-22-27-20-11-4-5-12-21(20)28-22)16-31-19-10-6-7-17(15-19)24(30)26-18-8-2-1-3-9-18/h1-12,15H,13-14,16H2,(H,25,29)(H,26,30)(H,27,28). The van der Waals surface area contributed by atoms with Crippen LogP contribution in [0.3, 0.4) is 0 Å². The first-order valence-corrected chi connectivity index (χ1v) is 9.97. The number of aromatic amines is 1. The number of hydrogen-bond donors (Lipinski definition) is 3. The van der Waals surface area contributed by atoms with Crippen molar-refractivity contribution in [3.8, 4) is 5.75 Å². The number of imidazole rings is 1. The van der Waals surface area contributed by atoms with Crippen LogP contribution in [0, 0.1) is 0 Å². The summed E-state index contributed by atoms with van der Waals surface area (Å²) in [5, 5.41) is 5.63. The van der Waals surface area contributed by atoms with Crippen molar-refractivity contribution in [3.05, 3.63) is 90.3 Å². The smallest absolute Gasteiger partial charge is 0.257 e. The highest BCUT2D eigenvalue weighted by atomic mass is 16.5. The van der Waals surface area contributed by atoms with Gasteiger partial charge in [-0.1, -0.05) is 36.4 Å². The molecular weight excluding hydrogens is 392 g/mol. The van der Waals surface area contributed by atoms with Crippen LogP contribution in [-0.2, 0) is 11.2 Å². The lowest BCUT2D eigenvalue weighted by Crippen LogP contribution is -2.30. The minimum atomic E-state index is -0.244. The zero-order valence-electron chi connectivity index (χ0n) is 16.8.